The summed E-state index contributed by atoms with van der Waals surface area (Å²) in [5.41, 5.74) is 0. The van der Waals surface area contributed by atoms with E-state index in [0.717, 1.165) is 14.2 Å². The van der Waals surface area contributed by atoms with Crippen LogP contribution in [-0.4, -0.2) is 70.9 Å². The van der Waals surface area contributed by atoms with Gasteiger partial charge in [0.05, 0.1) is 19.8 Å². The van der Waals surface area contributed by atoms with Crippen molar-refractivity contribution >= 4 is 13.8 Å². The predicted molar refractivity (Wildman–Crippen MR) is 61.3 cm³/mol. The molecule has 0 spiro atoms. The lowest BCUT2D eigenvalue weighted by Gasteiger charge is -2.42. The lowest BCUT2D eigenvalue weighted by atomic mass is 9.95. The van der Waals surface area contributed by atoms with Crippen LogP contribution in [0, 0.1) is 0 Å². The Kier molecular flexibility index (Phi) is 5.64. The standard InChI is InChI=1S/C9H17O10P/c1-16-8(12)9(17-2)3-5(10)7(11)6(19-9)4-18-20(13,14)15/h5-7,10-11H,3-4H2,1-2H3,(H2,13,14,15)/t5-,6+,7-,9+/m1/s1. The molecule has 1 aliphatic rings. The van der Waals surface area contributed by atoms with Crippen LogP contribution in [0.3, 0.4) is 0 Å². The number of carbonyl (C=O) groups is 1. The van der Waals surface area contributed by atoms with E-state index >= 15 is 0 Å². The third kappa shape index (κ3) is 3.96. The summed E-state index contributed by atoms with van der Waals surface area (Å²) in [6.45, 7) is -0.745. The van der Waals surface area contributed by atoms with Crippen LogP contribution in [0.25, 0.3) is 0 Å². The van der Waals surface area contributed by atoms with Crippen LogP contribution in [-0.2, 0) is 28.1 Å². The SMILES string of the molecule is COC(=O)[C@]1(OC)C[C@@H](O)[C@@H](O)[C@H](COP(=O)(O)O)O1. The van der Waals surface area contributed by atoms with Gasteiger partial charge in [0.2, 0.25) is 0 Å². The summed E-state index contributed by atoms with van der Waals surface area (Å²) in [5, 5.41) is 19.4. The maximum absolute atomic E-state index is 11.7. The van der Waals surface area contributed by atoms with Gasteiger partial charge in [-0.15, -0.1) is 0 Å². The molecule has 1 fully saturated rings. The number of carbonyl (C=O) groups excluding carboxylic acids is 1. The Balaban J connectivity index is 2.88. The van der Waals surface area contributed by atoms with Gasteiger partial charge in [-0.25, -0.2) is 9.36 Å². The number of esters is 1. The minimum atomic E-state index is -4.79. The van der Waals surface area contributed by atoms with Crippen molar-refractivity contribution in [2.75, 3.05) is 20.8 Å². The molecule has 1 heterocycles. The summed E-state index contributed by atoms with van der Waals surface area (Å²) < 4.78 is 29.4. The first kappa shape index (κ1) is 17.5. The van der Waals surface area contributed by atoms with Crippen molar-refractivity contribution < 1.29 is 48.1 Å². The number of phosphoric ester groups is 1. The van der Waals surface area contributed by atoms with Crippen molar-refractivity contribution in [3.8, 4) is 0 Å². The molecule has 0 saturated carbocycles. The van der Waals surface area contributed by atoms with Gasteiger partial charge < -0.3 is 34.2 Å². The van der Waals surface area contributed by atoms with Crippen molar-refractivity contribution in [2.45, 2.75) is 30.5 Å². The van der Waals surface area contributed by atoms with Gasteiger partial charge >= 0.3 is 13.8 Å². The van der Waals surface area contributed by atoms with E-state index in [1.165, 1.54) is 0 Å². The lowest BCUT2D eigenvalue weighted by Crippen LogP contribution is -2.60. The number of phosphoric acid groups is 1. The fourth-order valence-corrected chi connectivity index (χ4v) is 2.15. The number of hydrogen-bond donors (Lipinski definition) is 4. The molecule has 0 aromatic rings. The van der Waals surface area contributed by atoms with Crippen molar-refractivity contribution in [3.63, 3.8) is 0 Å². The number of aliphatic hydroxyl groups excluding tert-OH is 2. The van der Waals surface area contributed by atoms with Crippen molar-refractivity contribution in [1.82, 2.24) is 0 Å². The Morgan fingerprint density at radius 2 is 2.00 bits per heavy atom. The fourth-order valence-electron chi connectivity index (χ4n) is 1.81. The van der Waals surface area contributed by atoms with E-state index in [1.807, 2.05) is 0 Å². The molecule has 0 amide bonds. The van der Waals surface area contributed by atoms with Gasteiger partial charge in [-0.1, -0.05) is 0 Å². The Morgan fingerprint density at radius 3 is 2.45 bits per heavy atom. The molecule has 20 heavy (non-hydrogen) atoms. The summed E-state index contributed by atoms with van der Waals surface area (Å²) in [7, 11) is -2.59. The minimum absolute atomic E-state index is 0.399. The minimum Gasteiger partial charge on any atom is -0.465 e. The molecule has 4 N–H and O–H groups in total. The predicted octanol–water partition coefficient (Wildman–Crippen LogP) is -1.88. The number of ether oxygens (including phenoxy) is 3. The van der Waals surface area contributed by atoms with E-state index in [0.29, 0.717) is 0 Å². The molecule has 0 radical (unpaired) electrons. The first-order valence-corrected chi connectivity index (χ1v) is 7.06. The van der Waals surface area contributed by atoms with E-state index in [-0.39, 0.29) is 0 Å². The van der Waals surface area contributed by atoms with Crippen molar-refractivity contribution in [2.24, 2.45) is 0 Å². The average molecular weight is 316 g/mol. The van der Waals surface area contributed by atoms with E-state index in [4.69, 9.17) is 19.3 Å². The molecule has 0 bridgehead atoms. The Morgan fingerprint density at radius 1 is 1.40 bits per heavy atom. The van der Waals surface area contributed by atoms with E-state index in [9.17, 15) is 19.6 Å². The van der Waals surface area contributed by atoms with E-state index in [2.05, 4.69) is 9.26 Å². The summed E-state index contributed by atoms with van der Waals surface area (Å²) in [6.07, 6.45) is -4.71. The maximum atomic E-state index is 11.7. The fraction of sp³-hybridized carbons (Fsp3) is 0.889. The van der Waals surface area contributed by atoms with Crippen LogP contribution in [0.2, 0.25) is 0 Å². The molecular formula is C9H17O10P. The van der Waals surface area contributed by atoms with E-state index < -0.39 is 50.9 Å². The van der Waals surface area contributed by atoms with Gasteiger partial charge in [0, 0.05) is 13.5 Å². The lowest BCUT2D eigenvalue weighted by molar-refractivity contribution is -0.307. The van der Waals surface area contributed by atoms with E-state index in [1.54, 1.807) is 0 Å². The van der Waals surface area contributed by atoms with Gasteiger partial charge in [0.25, 0.3) is 5.79 Å². The highest BCUT2D eigenvalue weighted by Gasteiger charge is 2.53. The highest BCUT2D eigenvalue weighted by Crippen LogP contribution is 2.38. The van der Waals surface area contributed by atoms with Crippen LogP contribution in [0.1, 0.15) is 6.42 Å². The highest BCUT2D eigenvalue weighted by atomic mass is 31.2. The first-order chi connectivity index (χ1) is 9.15. The normalized spacial score (nSPS) is 34.8. The molecular weight excluding hydrogens is 299 g/mol. The number of rotatable bonds is 5. The third-order valence-electron chi connectivity index (χ3n) is 2.83. The second-order valence-corrected chi connectivity index (χ2v) is 5.39. The monoisotopic (exact) mass is 316 g/mol. The largest absolute Gasteiger partial charge is 0.469 e. The van der Waals surface area contributed by atoms with Gasteiger partial charge in [0.15, 0.2) is 0 Å². The summed E-state index contributed by atoms with van der Waals surface area (Å²) in [5.74, 6) is -2.93. The second kappa shape index (κ2) is 6.46. The zero-order valence-electron chi connectivity index (χ0n) is 10.8. The van der Waals surface area contributed by atoms with Gasteiger partial charge in [-0.2, -0.15) is 0 Å². The van der Waals surface area contributed by atoms with Gasteiger partial charge in [0.1, 0.15) is 12.2 Å². The average Bonchev–Trinajstić information content (AvgIpc) is 2.38. The number of aliphatic hydroxyl groups is 2. The van der Waals surface area contributed by atoms with Crippen LogP contribution in [0.5, 0.6) is 0 Å². The highest BCUT2D eigenvalue weighted by molar-refractivity contribution is 7.46. The zero-order chi connectivity index (χ0) is 15.6. The molecule has 1 rings (SSSR count). The molecule has 0 aromatic carbocycles. The van der Waals surface area contributed by atoms with Crippen molar-refractivity contribution in [3.05, 3.63) is 0 Å². The van der Waals surface area contributed by atoms with Crippen molar-refractivity contribution in [1.29, 1.82) is 0 Å². The summed E-state index contributed by atoms with van der Waals surface area (Å²) in [4.78, 5) is 28.9. The molecule has 1 aliphatic heterocycles. The van der Waals surface area contributed by atoms with Crippen LogP contribution in [0.15, 0.2) is 0 Å². The smallest absolute Gasteiger partial charge is 0.465 e. The second-order valence-electron chi connectivity index (χ2n) is 4.15. The molecule has 0 aliphatic carbocycles. The summed E-state index contributed by atoms with van der Waals surface area (Å²) >= 11 is 0. The Hall–Kier alpha value is -0.580. The number of methoxy groups -OCH3 is 2. The van der Waals surface area contributed by atoms with Crippen LogP contribution >= 0.6 is 7.82 Å². The maximum Gasteiger partial charge on any atom is 0.469 e. The number of hydrogen-bond acceptors (Lipinski definition) is 8. The first-order valence-electron chi connectivity index (χ1n) is 5.53. The van der Waals surface area contributed by atoms with Crippen LogP contribution < -0.4 is 0 Å². The summed E-state index contributed by atoms with van der Waals surface area (Å²) in [6, 6.07) is 0. The molecule has 10 nitrogen and oxygen atoms in total. The third-order valence-corrected chi connectivity index (χ3v) is 3.31. The van der Waals surface area contributed by atoms with Gasteiger partial charge in [-0.3, -0.25) is 4.52 Å². The quantitative estimate of drug-likeness (QED) is 0.335. The molecule has 4 atom stereocenters. The Labute approximate surface area is 114 Å². The zero-order valence-corrected chi connectivity index (χ0v) is 11.7. The topological polar surface area (TPSA) is 152 Å². The molecule has 0 unspecified atom stereocenters. The molecule has 11 heteroatoms. The van der Waals surface area contributed by atoms with Crippen LogP contribution in [0.4, 0.5) is 0 Å². The van der Waals surface area contributed by atoms with Gasteiger partial charge in [-0.05, 0) is 0 Å². The molecule has 1 saturated heterocycles. The molecule has 0 aromatic heterocycles. The molecule has 118 valence electrons. The Bertz CT molecular complexity index is 394.